The summed E-state index contributed by atoms with van der Waals surface area (Å²) in [5, 5.41) is 5.27. The highest BCUT2D eigenvalue weighted by molar-refractivity contribution is 7.13. The van der Waals surface area contributed by atoms with E-state index in [2.05, 4.69) is 15.3 Å². The number of aromatic nitrogens is 4. The van der Waals surface area contributed by atoms with Gasteiger partial charge in [0.25, 0.3) is 0 Å². The molecule has 4 aromatic rings. The molecule has 8 heteroatoms. The van der Waals surface area contributed by atoms with E-state index < -0.39 is 0 Å². The molecule has 5 nitrogen and oxygen atoms in total. The summed E-state index contributed by atoms with van der Waals surface area (Å²) in [5.74, 6) is 1.36. The van der Waals surface area contributed by atoms with Crippen LogP contribution in [0.15, 0.2) is 42.2 Å². The summed E-state index contributed by atoms with van der Waals surface area (Å²) in [7, 11) is 1.93. The van der Waals surface area contributed by atoms with Gasteiger partial charge >= 0.3 is 0 Å². The van der Waals surface area contributed by atoms with Crippen molar-refractivity contribution < 1.29 is 0 Å². The van der Waals surface area contributed by atoms with Gasteiger partial charge in [0.05, 0.1) is 32.8 Å². The fourth-order valence-electron chi connectivity index (χ4n) is 2.54. The number of hydrogen-bond donors (Lipinski definition) is 1. The van der Waals surface area contributed by atoms with Gasteiger partial charge in [-0.1, -0.05) is 29.3 Å². The summed E-state index contributed by atoms with van der Waals surface area (Å²) in [4.78, 5) is 13.2. The Labute approximate surface area is 151 Å². The lowest BCUT2D eigenvalue weighted by atomic mass is 10.2. The summed E-state index contributed by atoms with van der Waals surface area (Å²) in [5.41, 5.74) is 4.15. The number of imidazole rings is 1. The van der Waals surface area contributed by atoms with E-state index in [1.807, 2.05) is 23.7 Å². The molecule has 0 aliphatic carbocycles. The highest BCUT2D eigenvalue weighted by Crippen LogP contribution is 2.36. The average Bonchev–Trinajstić information content (AvgIpc) is 3.17. The molecule has 0 saturated heterocycles. The summed E-state index contributed by atoms with van der Waals surface area (Å²) in [6.45, 7) is 0. The molecule has 120 valence electrons. The molecular formula is C16H11Cl2N5S. The van der Waals surface area contributed by atoms with E-state index in [0.717, 1.165) is 16.0 Å². The van der Waals surface area contributed by atoms with Crippen LogP contribution in [0.2, 0.25) is 10.0 Å². The molecule has 0 amide bonds. The Morgan fingerprint density at radius 2 is 1.96 bits per heavy atom. The maximum Gasteiger partial charge on any atom is 0.159 e. The van der Waals surface area contributed by atoms with Crippen LogP contribution in [0.3, 0.4) is 0 Å². The number of thiazole rings is 1. The molecule has 4 rings (SSSR count). The lowest BCUT2D eigenvalue weighted by Gasteiger charge is -2.06. The van der Waals surface area contributed by atoms with Crippen LogP contribution in [-0.4, -0.2) is 19.5 Å². The van der Waals surface area contributed by atoms with E-state index in [0.29, 0.717) is 27.3 Å². The van der Waals surface area contributed by atoms with Crippen molar-refractivity contribution in [2.45, 2.75) is 0 Å². The lowest BCUT2D eigenvalue weighted by molar-refractivity contribution is 0.959. The summed E-state index contributed by atoms with van der Waals surface area (Å²) in [6.07, 6.45) is 3.49. The van der Waals surface area contributed by atoms with Gasteiger partial charge in [-0.05, 0) is 18.2 Å². The van der Waals surface area contributed by atoms with E-state index in [1.165, 1.54) is 11.3 Å². The smallest absolute Gasteiger partial charge is 0.159 e. The normalized spacial score (nSPS) is 11.1. The predicted molar refractivity (Wildman–Crippen MR) is 99.4 cm³/mol. The van der Waals surface area contributed by atoms with Gasteiger partial charge in [-0.3, -0.25) is 4.98 Å². The van der Waals surface area contributed by atoms with Gasteiger partial charge in [0.1, 0.15) is 16.3 Å². The van der Waals surface area contributed by atoms with Crippen molar-refractivity contribution in [1.29, 1.82) is 0 Å². The maximum absolute atomic E-state index is 6.34. The number of halogens is 2. The van der Waals surface area contributed by atoms with Gasteiger partial charge in [0.15, 0.2) is 5.82 Å². The first-order valence-electron chi connectivity index (χ1n) is 7.06. The van der Waals surface area contributed by atoms with Crippen molar-refractivity contribution in [3.63, 3.8) is 0 Å². The third-order valence-corrected chi connectivity index (χ3v) is 4.98. The first-order chi connectivity index (χ1) is 11.6. The van der Waals surface area contributed by atoms with Crippen LogP contribution in [0.5, 0.6) is 0 Å². The number of nitrogens with one attached hydrogen (secondary N) is 1. The third-order valence-electron chi connectivity index (χ3n) is 3.66. The van der Waals surface area contributed by atoms with E-state index in [4.69, 9.17) is 28.2 Å². The number of fused-ring (bicyclic) bond motifs is 1. The van der Waals surface area contributed by atoms with Crippen LogP contribution < -0.4 is 5.32 Å². The Hall–Kier alpha value is -2.15. The number of aryl methyl sites for hydroxylation is 1. The number of anilines is 2. The van der Waals surface area contributed by atoms with Crippen LogP contribution >= 0.6 is 34.5 Å². The molecule has 1 aromatic carbocycles. The molecule has 0 spiro atoms. The van der Waals surface area contributed by atoms with E-state index in [1.54, 1.807) is 30.0 Å². The standard InChI is InChI=1S/C16H11Cl2N5S/c1-23-11-5-6-20-15(21-12-7-19-8-24-12)14(11)22-16(23)13-9(17)3-2-4-10(13)18/h2-8H,1H3,(H,20,21). The number of benzene rings is 1. The van der Waals surface area contributed by atoms with Gasteiger partial charge in [-0.2, -0.15) is 0 Å². The predicted octanol–water partition coefficient (Wildman–Crippen LogP) is 5.14. The van der Waals surface area contributed by atoms with Crippen LogP contribution in [-0.2, 0) is 7.05 Å². The Morgan fingerprint density at radius 1 is 1.17 bits per heavy atom. The zero-order valence-electron chi connectivity index (χ0n) is 12.5. The molecule has 0 unspecified atom stereocenters. The third kappa shape index (κ3) is 2.53. The van der Waals surface area contributed by atoms with Crippen molar-refractivity contribution >= 4 is 56.4 Å². The molecule has 0 aliphatic rings. The van der Waals surface area contributed by atoms with Crippen LogP contribution in [0, 0.1) is 0 Å². The van der Waals surface area contributed by atoms with Crippen LogP contribution in [0.25, 0.3) is 22.4 Å². The monoisotopic (exact) mass is 375 g/mol. The highest BCUT2D eigenvalue weighted by atomic mass is 35.5. The lowest BCUT2D eigenvalue weighted by Crippen LogP contribution is -1.94. The largest absolute Gasteiger partial charge is 0.329 e. The van der Waals surface area contributed by atoms with Crippen molar-refractivity contribution in [2.24, 2.45) is 7.05 Å². The summed E-state index contributed by atoms with van der Waals surface area (Å²) < 4.78 is 1.96. The molecule has 0 radical (unpaired) electrons. The summed E-state index contributed by atoms with van der Waals surface area (Å²) >= 11 is 14.2. The molecule has 0 fully saturated rings. The number of pyridine rings is 1. The van der Waals surface area contributed by atoms with Crippen LogP contribution in [0.4, 0.5) is 10.8 Å². The topological polar surface area (TPSA) is 55.6 Å². The zero-order valence-corrected chi connectivity index (χ0v) is 14.8. The molecule has 0 atom stereocenters. The molecule has 1 N–H and O–H groups in total. The Kier molecular flexibility index (Phi) is 3.88. The molecule has 0 bridgehead atoms. The summed E-state index contributed by atoms with van der Waals surface area (Å²) in [6, 6.07) is 7.33. The van der Waals surface area contributed by atoms with Gasteiger partial charge in [-0.25, -0.2) is 9.97 Å². The van der Waals surface area contributed by atoms with Crippen LogP contribution in [0.1, 0.15) is 0 Å². The van der Waals surface area contributed by atoms with E-state index in [-0.39, 0.29) is 0 Å². The molecule has 0 saturated carbocycles. The van der Waals surface area contributed by atoms with Crippen molar-refractivity contribution in [1.82, 2.24) is 19.5 Å². The Balaban J connectivity index is 1.92. The average molecular weight is 376 g/mol. The first kappa shape index (κ1) is 15.4. The fraction of sp³-hybridized carbons (Fsp3) is 0.0625. The van der Waals surface area contributed by atoms with E-state index >= 15 is 0 Å². The van der Waals surface area contributed by atoms with Gasteiger partial charge in [0.2, 0.25) is 0 Å². The second-order valence-corrected chi connectivity index (χ2v) is 6.81. The SMILES string of the molecule is Cn1c(-c2c(Cl)cccc2Cl)nc2c(Nc3cncs3)nccc21. The van der Waals surface area contributed by atoms with Crippen molar-refractivity contribution in [2.75, 3.05) is 5.32 Å². The van der Waals surface area contributed by atoms with Crippen molar-refractivity contribution in [3.8, 4) is 11.4 Å². The quantitative estimate of drug-likeness (QED) is 0.538. The second kappa shape index (κ2) is 6.05. The first-order valence-corrected chi connectivity index (χ1v) is 8.70. The van der Waals surface area contributed by atoms with Gasteiger partial charge in [0, 0.05) is 13.2 Å². The maximum atomic E-state index is 6.34. The van der Waals surface area contributed by atoms with E-state index in [9.17, 15) is 0 Å². The molecular weight excluding hydrogens is 365 g/mol. The van der Waals surface area contributed by atoms with Gasteiger partial charge < -0.3 is 9.88 Å². The molecule has 3 aromatic heterocycles. The highest BCUT2D eigenvalue weighted by Gasteiger charge is 2.18. The minimum atomic E-state index is 0.561. The minimum Gasteiger partial charge on any atom is -0.329 e. The number of rotatable bonds is 3. The Bertz CT molecular complexity index is 1010. The number of hydrogen-bond acceptors (Lipinski definition) is 5. The molecule has 3 heterocycles. The molecule has 0 aliphatic heterocycles. The Morgan fingerprint density at radius 3 is 2.67 bits per heavy atom. The molecule has 24 heavy (non-hydrogen) atoms. The fourth-order valence-corrected chi connectivity index (χ4v) is 3.62. The number of nitrogens with zero attached hydrogens (tertiary/aromatic N) is 4. The minimum absolute atomic E-state index is 0.561. The van der Waals surface area contributed by atoms with Crippen molar-refractivity contribution in [3.05, 3.63) is 52.2 Å². The van der Waals surface area contributed by atoms with Gasteiger partial charge in [-0.15, -0.1) is 11.3 Å². The second-order valence-electron chi connectivity index (χ2n) is 5.11. The zero-order chi connectivity index (χ0) is 16.7.